The van der Waals surface area contributed by atoms with Crippen molar-refractivity contribution in [1.82, 2.24) is 0 Å². The minimum Gasteiger partial charge on any atom is -0.455 e. The van der Waals surface area contributed by atoms with Gasteiger partial charge in [0.1, 0.15) is 5.60 Å². The van der Waals surface area contributed by atoms with Crippen LogP contribution in [-0.4, -0.2) is 11.6 Å². The lowest BCUT2D eigenvalue weighted by Gasteiger charge is -2.32. The Bertz CT molecular complexity index is 1030. The fourth-order valence-electron chi connectivity index (χ4n) is 4.38. The van der Waals surface area contributed by atoms with E-state index in [9.17, 15) is 4.79 Å². The Morgan fingerprint density at radius 2 is 1.45 bits per heavy atom. The molecule has 3 heteroatoms. The molecule has 0 amide bonds. The van der Waals surface area contributed by atoms with Crippen molar-refractivity contribution in [3.63, 3.8) is 0 Å². The lowest BCUT2D eigenvalue weighted by Crippen LogP contribution is -2.36. The average molecular weight is 430 g/mol. The Kier molecular flexibility index (Phi) is 6.33. The molecule has 1 aliphatic carbocycles. The van der Waals surface area contributed by atoms with Gasteiger partial charge < -0.3 is 4.74 Å². The molecule has 1 unspecified atom stereocenters. The fourth-order valence-corrected chi connectivity index (χ4v) is 6.52. The molecule has 0 N–H and O–H groups in total. The lowest BCUT2D eigenvalue weighted by molar-refractivity contribution is -0.0219. The SMILES string of the molecule is CC1=CCCC1C(C)(C)OC(=O)c1cccc([S+](c2ccccc2)c2ccccc2)c1. The maximum atomic E-state index is 13.1. The third-order valence-electron chi connectivity index (χ3n) is 5.93. The summed E-state index contributed by atoms with van der Waals surface area (Å²) in [7, 11) is -0.289. The first-order chi connectivity index (χ1) is 15.0. The second-order valence-electron chi connectivity index (χ2n) is 8.53. The van der Waals surface area contributed by atoms with Crippen molar-refractivity contribution in [3.8, 4) is 0 Å². The topological polar surface area (TPSA) is 26.3 Å². The normalized spacial score (nSPS) is 16.3. The molecule has 3 aromatic rings. The van der Waals surface area contributed by atoms with Crippen LogP contribution in [0.2, 0.25) is 0 Å². The second kappa shape index (κ2) is 9.15. The maximum Gasteiger partial charge on any atom is 0.338 e. The van der Waals surface area contributed by atoms with Crippen LogP contribution in [0, 0.1) is 5.92 Å². The zero-order valence-corrected chi connectivity index (χ0v) is 19.2. The van der Waals surface area contributed by atoms with E-state index < -0.39 is 5.60 Å². The third-order valence-corrected chi connectivity index (χ3v) is 8.14. The van der Waals surface area contributed by atoms with Gasteiger partial charge in [-0.15, -0.1) is 0 Å². The van der Waals surface area contributed by atoms with Crippen molar-refractivity contribution in [2.45, 2.75) is 53.9 Å². The second-order valence-corrected chi connectivity index (χ2v) is 10.6. The van der Waals surface area contributed by atoms with Crippen LogP contribution in [0.15, 0.2) is 111 Å². The standard InChI is InChI=1S/C28H29O2S/c1-21-12-10-19-26(21)28(2,3)30-27(29)22-13-11-18-25(20-22)31(23-14-6-4-7-15-23)24-16-8-5-9-17-24/h4-9,11-18,20,26H,10,19H2,1-3H3/q+1. The molecule has 0 heterocycles. The molecule has 1 atom stereocenters. The van der Waals surface area contributed by atoms with E-state index in [4.69, 9.17) is 4.74 Å². The molecule has 0 aliphatic heterocycles. The Labute approximate surface area is 188 Å². The molecular formula is C28H29O2S+. The van der Waals surface area contributed by atoms with Crippen LogP contribution < -0.4 is 0 Å². The summed E-state index contributed by atoms with van der Waals surface area (Å²) in [6.45, 7) is 6.19. The summed E-state index contributed by atoms with van der Waals surface area (Å²) in [5, 5.41) is 0. The van der Waals surface area contributed by atoms with E-state index in [0.717, 1.165) is 17.7 Å². The van der Waals surface area contributed by atoms with Crippen LogP contribution in [0.5, 0.6) is 0 Å². The van der Waals surface area contributed by atoms with Crippen molar-refractivity contribution in [1.29, 1.82) is 0 Å². The summed E-state index contributed by atoms with van der Waals surface area (Å²) in [6.07, 6.45) is 4.36. The van der Waals surface area contributed by atoms with Crippen molar-refractivity contribution in [2.75, 3.05) is 0 Å². The summed E-state index contributed by atoms with van der Waals surface area (Å²) in [5.41, 5.74) is 1.40. The van der Waals surface area contributed by atoms with E-state index in [0.29, 0.717) is 5.56 Å². The maximum absolute atomic E-state index is 13.1. The van der Waals surface area contributed by atoms with Gasteiger partial charge >= 0.3 is 5.97 Å². The smallest absolute Gasteiger partial charge is 0.338 e. The third kappa shape index (κ3) is 4.77. The molecule has 0 aromatic heterocycles. The van der Waals surface area contributed by atoms with Gasteiger partial charge in [0.15, 0.2) is 14.7 Å². The molecule has 0 bridgehead atoms. The monoisotopic (exact) mass is 429 g/mol. The van der Waals surface area contributed by atoms with E-state index in [2.05, 4.69) is 67.6 Å². The van der Waals surface area contributed by atoms with Gasteiger partial charge in [-0.25, -0.2) is 4.79 Å². The number of allylic oxidation sites excluding steroid dienone is 1. The summed E-state index contributed by atoms with van der Waals surface area (Å²) >= 11 is 0. The summed E-state index contributed by atoms with van der Waals surface area (Å²) in [6, 6.07) is 28.9. The van der Waals surface area contributed by atoms with Gasteiger partial charge in [-0.3, -0.25) is 0 Å². The van der Waals surface area contributed by atoms with E-state index >= 15 is 0 Å². The molecule has 2 nitrogen and oxygen atoms in total. The Hall–Kier alpha value is -2.78. The number of benzene rings is 3. The number of carbonyl (C=O) groups excluding carboxylic acids is 1. The van der Waals surface area contributed by atoms with Gasteiger partial charge in [0.2, 0.25) is 0 Å². The molecule has 3 aromatic carbocycles. The summed E-state index contributed by atoms with van der Waals surface area (Å²) < 4.78 is 6.05. The fraction of sp³-hybridized carbons (Fsp3) is 0.250. The quantitative estimate of drug-likeness (QED) is 0.238. The first-order valence-electron chi connectivity index (χ1n) is 10.8. The van der Waals surface area contributed by atoms with Crippen LogP contribution in [0.4, 0.5) is 0 Å². The Morgan fingerprint density at radius 1 is 0.871 bits per heavy atom. The minimum absolute atomic E-state index is 0.253. The number of hydrogen-bond donors (Lipinski definition) is 0. The minimum atomic E-state index is -0.523. The average Bonchev–Trinajstić information content (AvgIpc) is 3.22. The van der Waals surface area contributed by atoms with Crippen molar-refractivity contribution in [3.05, 3.63) is 102 Å². The Morgan fingerprint density at radius 3 is 2.00 bits per heavy atom. The molecule has 0 spiro atoms. The molecule has 158 valence electrons. The molecular weight excluding hydrogens is 400 g/mol. The summed E-state index contributed by atoms with van der Waals surface area (Å²) in [5.74, 6) is 0.0270. The zero-order valence-electron chi connectivity index (χ0n) is 18.4. The van der Waals surface area contributed by atoms with Crippen molar-refractivity contribution < 1.29 is 9.53 Å². The van der Waals surface area contributed by atoms with E-state index in [1.165, 1.54) is 15.4 Å². The van der Waals surface area contributed by atoms with Crippen LogP contribution >= 0.6 is 0 Å². The highest BCUT2D eigenvalue weighted by atomic mass is 32.2. The van der Waals surface area contributed by atoms with Gasteiger partial charge in [0.25, 0.3) is 0 Å². The highest BCUT2D eigenvalue weighted by Crippen LogP contribution is 2.37. The zero-order chi connectivity index (χ0) is 21.8. The number of ether oxygens (including phenoxy) is 1. The summed E-state index contributed by atoms with van der Waals surface area (Å²) in [4.78, 5) is 16.7. The molecule has 0 radical (unpaired) electrons. The van der Waals surface area contributed by atoms with Crippen LogP contribution in [0.3, 0.4) is 0 Å². The van der Waals surface area contributed by atoms with Gasteiger partial charge in [0.05, 0.1) is 16.5 Å². The number of esters is 1. The van der Waals surface area contributed by atoms with Crippen molar-refractivity contribution in [2.24, 2.45) is 5.92 Å². The molecule has 0 fully saturated rings. The number of carbonyl (C=O) groups is 1. The Balaban J connectivity index is 1.65. The van der Waals surface area contributed by atoms with E-state index in [-0.39, 0.29) is 22.8 Å². The highest BCUT2D eigenvalue weighted by Gasteiger charge is 2.37. The van der Waals surface area contributed by atoms with Crippen molar-refractivity contribution >= 4 is 16.9 Å². The largest absolute Gasteiger partial charge is 0.455 e. The molecule has 1 aliphatic rings. The van der Waals surface area contributed by atoms with E-state index in [1.54, 1.807) is 0 Å². The number of hydrogen-bond acceptors (Lipinski definition) is 2. The predicted molar refractivity (Wildman–Crippen MR) is 127 cm³/mol. The highest BCUT2D eigenvalue weighted by molar-refractivity contribution is 7.97. The van der Waals surface area contributed by atoms with Crippen LogP contribution in [0.1, 0.15) is 44.0 Å². The van der Waals surface area contributed by atoms with Gasteiger partial charge in [0, 0.05) is 12.0 Å². The van der Waals surface area contributed by atoms with E-state index in [1.807, 2.05) is 44.2 Å². The molecule has 0 saturated carbocycles. The van der Waals surface area contributed by atoms with Crippen LogP contribution in [0.25, 0.3) is 0 Å². The number of rotatable bonds is 6. The lowest BCUT2D eigenvalue weighted by atomic mass is 9.86. The van der Waals surface area contributed by atoms with Gasteiger partial charge in [-0.1, -0.05) is 54.1 Å². The molecule has 31 heavy (non-hydrogen) atoms. The first-order valence-corrected chi connectivity index (χ1v) is 12.0. The molecule has 0 saturated heterocycles. The van der Waals surface area contributed by atoms with Gasteiger partial charge in [-0.05, 0) is 70.0 Å². The van der Waals surface area contributed by atoms with Crippen LogP contribution in [-0.2, 0) is 15.6 Å². The predicted octanol–water partition coefficient (Wildman–Crippen LogP) is 7.07. The first kappa shape index (κ1) is 21.5. The molecule has 4 rings (SSSR count). The van der Waals surface area contributed by atoms with Gasteiger partial charge in [-0.2, -0.15) is 0 Å².